The number of alkyl halides is 2. The quantitative estimate of drug-likeness (QED) is 0.684. The van der Waals surface area contributed by atoms with Crippen LogP contribution >= 0.6 is 0 Å². The van der Waals surface area contributed by atoms with E-state index < -0.39 is 36.4 Å². The SMILES string of the molecule is CCC(c1ccc(OC(F)F)c(F)c1)n1nc(CO)c2c(=O)[nH]c(C)nc21. The number of nitrogens with zero attached hydrogens (tertiary/aromatic N) is 3. The Labute approximate surface area is 151 Å². The first-order chi connectivity index (χ1) is 12.8. The number of rotatable bonds is 6. The van der Waals surface area contributed by atoms with E-state index >= 15 is 0 Å². The molecule has 0 aliphatic heterocycles. The molecule has 7 nitrogen and oxygen atoms in total. The molecule has 10 heteroatoms. The van der Waals surface area contributed by atoms with Crippen LogP contribution in [0.3, 0.4) is 0 Å². The Kier molecular flexibility index (Phi) is 5.17. The highest BCUT2D eigenvalue weighted by Gasteiger charge is 2.23. The molecular weight excluding hydrogens is 365 g/mol. The minimum absolute atomic E-state index is 0.148. The van der Waals surface area contributed by atoms with Crippen molar-refractivity contribution in [1.82, 2.24) is 19.7 Å². The van der Waals surface area contributed by atoms with E-state index in [4.69, 9.17) is 0 Å². The topological polar surface area (TPSA) is 93.0 Å². The second-order valence-corrected chi connectivity index (χ2v) is 5.89. The van der Waals surface area contributed by atoms with Gasteiger partial charge in [-0.05, 0) is 31.0 Å². The van der Waals surface area contributed by atoms with Crippen LogP contribution in [0, 0.1) is 12.7 Å². The first-order valence-corrected chi connectivity index (χ1v) is 8.18. The molecule has 2 N–H and O–H groups in total. The molecule has 3 aromatic rings. The molecular formula is C17H17F3N4O3. The molecule has 0 fully saturated rings. The summed E-state index contributed by atoms with van der Waals surface area (Å²) in [6.45, 7) is -0.177. The lowest BCUT2D eigenvalue weighted by molar-refractivity contribution is -0.0522. The Hall–Kier alpha value is -2.88. The van der Waals surface area contributed by atoms with Gasteiger partial charge in [-0.1, -0.05) is 13.0 Å². The number of aromatic nitrogens is 4. The number of benzene rings is 1. The molecule has 0 bridgehead atoms. The van der Waals surface area contributed by atoms with Crippen molar-refractivity contribution in [2.45, 2.75) is 39.5 Å². The van der Waals surface area contributed by atoms with E-state index in [9.17, 15) is 23.1 Å². The lowest BCUT2D eigenvalue weighted by Gasteiger charge is -2.18. The Morgan fingerprint density at radius 3 is 2.70 bits per heavy atom. The summed E-state index contributed by atoms with van der Waals surface area (Å²) in [5.74, 6) is -1.14. The molecule has 2 aromatic heterocycles. The minimum Gasteiger partial charge on any atom is -0.432 e. The van der Waals surface area contributed by atoms with Crippen LogP contribution in [0.25, 0.3) is 11.0 Å². The van der Waals surface area contributed by atoms with Crippen LogP contribution in [0.4, 0.5) is 13.2 Å². The zero-order valence-electron chi connectivity index (χ0n) is 14.5. The van der Waals surface area contributed by atoms with Crippen LogP contribution in [0.2, 0.25) is 0 Å². The normalized spacial score (nSPS) is 12.7. The van der Waals surface area contributed by atoms with E-state index in [0.29, 0.717) is 17.8 Å². The zero-order valence-corrected chi connectivity index (χ0v) is 14.5. The summed E-state index contributed by atoms with van der Waals surface area (Å²) in [4.78, 5) is 19.1. The van der Waals surface area contributed by atoms with Crippen LogP contribution in [0.5, 0.6) is 5.75 Å². The first-order valence-electron chi connectivity index (χ1n) is 8.18. The number of nitrogens with one attached hydrogen (secondary N) is 1. The molecule has 0 aliphatic carbocycles. The average molecular weight is 382 g/mol. The Bertz CT molecular complexity index is 1030. The van der Waals surface area contributed by atoms with Gasteiger partial charge in [-0.3, -0.25) is 4.79 Å². The maximum absolute atomic E-state index is 14.1. The van der Waals surface area contributed by atoms with Gasteiger partial charge >= 0.3 is 6.61 Å². The third-order valence-corrected chi connectivity index (χ3v) is 4.14. The van der Waals surface area contributed by atoms with Gasteiger partial charge < -0.3 is 14.8 Å². The summed E-state index contributed by atoms with van der Waals surface area (Å²) in [7, 11) is 0. The number of hydrogen-bond acceptors (Lipinski definition) is 5. The summed E-state index contributed by atoms with van der Waals surface area (Å²) in [6, 6.07) is 3.11. The Morgan fingerprint density at radius 1 is 1.37 bits per heavy atom. The predicted octanol–water partition coefficient (Wildman–Crippen LogP) is 2.66. The minimum atomic E-state index is -3.13. The van der Waals surface area contributed by atoms with Gasteiger partial charge in [-0.15, -0.1) is 0 Å². The fourth-order valence-corrected chi connectivity index (χ4v) is 3.02. The van der Waals surface area contributed by atoms with Crippen molar-refractivity contribution in [3.05, 3.63) is 51.5 Å². The van der Waals surface area contributed by atoms with E-state index in [1.165, 1.54) is 10.7 Å². The van der Waals surface area contributed by atoms with Crippen LogP contribution < -0.4 is 10.3 Å². The molecule has 2 heterocycles. The smallest absolute Gasteiger partial charge is 0.387 e. The summed E-state index contributed by atoms with van der Waals surface area (Å²) in [5, 5.41) is 13.9. The van der Waals surface area contributed by atoms with Crippen LogP contribution in [-0.2, 0) is 6.61 Å². The number of H-pyrrole nitrogens is 1. The van der Waals surface area contributed by atoms with Crippen molar-refractivity contribution in [1.29, 1.82) is 0 Å². The highest BCUT2D eigenvalue weighted by atomic mass is 19.3. The van der Waals surface area contributed by atoms with E-state index in [-0.39, 0.29) is 16.7 Å². The lowest BCUT2D eigenvalue weighted by Crippen LogP contribution is -2.15. The molecule has 1 atom stereocenters. The van der Waals surface area contributed by atoms with Crippen LogP contribution in [0.1, 0.15) is 36.5 Å². The van der Waals surface area contributed by atoms with E-state index in [1.54, 1.807) is 6.92 Å². The number of fused-ring (bicyclic) bond motifs is 1. The standard InChI is InChI=1S/C17H17F3N4O3/c1-3-12(9-4-5-13(10(18)6-9)27-17(19)20)24-15-14(11(7-25)23-24)16(26)22-8(2)21-15/h4-6,12,17,25H,3,7H2,1-2H3,(H,21,22,26). The molecule has 144 valence electrons. The molecule has 27 heavy (non-hydrogen) atoms. The van der Waals surface area contributed by atoms with Crippen molar-refractivity contribution in [2.24, 2.45) is 0 Å². The summed E-state index contributed by atoms with van der Waals surface area (Å²) < 4.78 is 44.3. The largest absolute Gasteiger partial charge is 0.432 e. The van der Waals surface area contributed by atoms with Crippen LogP contribution in [-0.4, -0.2) is 31.5 Å². The first kappa shape index (κ1) is 18.9. The number of hydrogen-bond donors (Lipinski definition) is 2. The third kappa shape index (κ3) is 3.52. The molecule has 0 amide bonds. The maximum Gasteiger partial charge on any atom is 0.387 e. The van der Waals surface area contributed by atoms with E-state index in [1.807, 2.05) is 6.92 Å². The van der Waals surface area contributed by atoms with Gasteiger partial charge in [0.2, 0.25) is 0 Å². The average Bonchev–Trinajstić information content (AvgIpc) is 2.96. The summed E-state index contributed by atoms with van der Waals surface area (Å²) in [5.41, 5.74) is 0.399. The fourth-order valence-electron chi connectivity index (χ4n) is 3.02. The van der Waals surface area contributed by atoms with E-state index in [0.717, 1.165) is 12.1 Å². The number of halogens is 3. The van der Waals surface area contributed by atoms with Crippen molar-refractivity contribution in [2.75, 3.05) is 0 Å². The molecule has 0 spiro atoms. The Morgan fingerprint density at radius 2 is 2.11 bits per heavy atom. The van der Waals surface area contributed by atoms with Gasteiger partial charge in [0.25, 0.3) is 5.56 Å². The van der Waals surface area contributed by atoms with Gasteiger partial charge in [0.05, 0.1) is 12.6 Å². The van der Waals surface area contributed by atoms with Gasteiger partial charge in [0.15, 0.2) is 17.2 Å². The van der Waals surface area contributed by atoms with Gasteiger partial charge in [0, 0.05) is 0 Å². The highest BCUT2D eigenvalue weighted by molar-refractivity contribution is 5.77. The molecule has 0 radical (unpaired) electrons. The van der Waals surface area contributed by atoms with Gasteiger partial charge in [-0.2, -0.15) is 13.9 Å². The van der Waals surface area contributed by atoms with Crippen molar-refractivity contribution >= 4 is 11.0 Å². The van der Waals surface area contributed by atoms with Gasteiger partial charge in [-0.25, -0.2) is 14.1 Å². The monoisotopic (exact) mass is 382 g/mol. The van der Waals surface area contributed by atoms with Crippen molar-refractivity contribution < 1.29 is 23.0 Å². The number of ether oxygens (including phenoxy) is 1. The second kappa shape index (κ2) is 7.39. The second-order valence-electron chi connectivity index (χ2n) is 5.89. The zero-order chi connectivity index (χ0) is 19.7. The third-order valence-electron chi connectivity index (χ3n) is 4.14. The van der Waals surface area contributed by atoms with Gasteiger partial charge in [0.1, 0.15) is 16.9 Å². The molecule has 1 unspecified atom stereocenters. The van der Waals surface area contributed by atoms with Crippen molar-refractivity contribution in [3.8, 4) is 5.75 Å². The number of aliphatic hydroxyl groups excluding tert-OH is 1. The number of aromatic amines is 1. The molecule has 1 aromatic carbocycles. The van der Waals surface area contributed by atoms with Crippen LogP contribution in [0.15, 0.2) is 23.0 Å². The highest BCUT2D eigenvalue weighted by Crippen LogP contribution is 2.29. The Balaban J connectivity index is 2.14. The predicted molar refractivity (Wildman–Crippen MR) is 90.3 cm³/mol. The van der Waals surface area contributed by atoms with Crippen molar-refractivity contribution in [3.63, 3.8) is 0 Å². The number of aliphatic hydroxyl groups is 1. The molecule has 3 rings (SSSR count). The fraction of sp³-hybridized carbons (Fsp3) is 0.353. The summed E-state index contributed by atoms with van der Waals surface area (Å²) in [6.07, 6.45) is 0.448. The lowest BCUT2D eigenvalue weighted by atomic mass is 10.0. The number of aryl methyl sites for hydroxylation is 1. The van der Waals surface area contributed by atoms with E-state index in [2.05, 4.69) is 19.8 Å². The maximum atomic E-state index is 14.1. The molecule has 0 aliphatic rings. The summed E-state index contributed by atoms with van der Waals surface area (Å²) >= 11 is 0. The molecule has 0 saturated carbocycles. The molecule has 0 saturated heterocycles.